The molecule has 0 radical (unpaired) electrons. The summed E-state index contributed by atoms with van der Waals surface area (Å²) in [5.41, 5.74) is 6.28. The third-order valence-electron chi connectivity index (χ3n) is 1.89. The van der Waals surface area contributed by atoms with Crippen molar-refractivity contribution in [2.24, 2.45) is 0 Å². The molecular formula is C12H18N2O3. The van der Waals surface area contributed by atoms with E-state index in [1.54, 1.807) is 45.0 Å². The monoisotopic (exact) mass is 238 g/mol. The molecule has 0 spiro atoms. The fourth-order valence-electron chi connectivity index (χ4n) is 1.24. The third kappa shape index (κ3) is 4.74. The molecular weight excluding hydrogens is 220 g/mol. The van der Waals surface area contributed by atoms with E-state index in [1.807, 2.05) is 0 Å². The molecule has 17 heavy (non-hydrogen) atoms. The first-order valence-electron chi connectivity index (χ1n) is 5.32. The van der Waals surface area contributed by atoms with Crippen molar-refractivity contribution in [2.75, 3.05) is 5.73 Å². The van der Waals surface area contributed by atoms with Gasteiger partial charge in [0.05, 0.1) is 6.54 Å². The van der Waals surface area contributed by atoms with Gasteiger partial charge in [-0.3, -0.25) is 5.21 Å². The summed E-state index contributed by atoms with van der Waals surface area (Å²) in [7, 11) is 0. The van der Waals surface area contributed by atoms with Gasteiger partial charge in [0.25, 0.3) is 0 Å². The van der Waals surface area contributed by atoms with E-state index < -0.39 is 11.7 Å². The summed E-state index contributed by atoms with van der Waals surface area (Å²) in [4.78, 5) is 11.5. The summed E-state index contributed by atoms with van der Waals surface area (Å²) in [5.74, 6) is 0. The lowest BCUT2D eigenvalue weighted by atomic mass is 10.2. The summed E-state index contributed by atoms with van der Waals surface area (Å²) in [6, 6.07) is 6.95. The van der Waals surface area contributed by atoms with Crippen LogP contribution in [-0.4, -0.2) is 22.0 Å². The number of carbonyl (C=O) groups excluding carboxylic acids is 1. The normalized spacial score (nSPS) is 11.1. The number of ether oxygens (including phenoxy) is 1. The number of anilines is 1. The molecule has 5 nitrogen and oxygen atoms in total. The van der Waals surface area contributed by atoms with Gasteiger partial charge in [0, 0.05) is 5.69 Å². The van der Waals surface area contributed by atoms with E-state index >= 15 is 0 Å². The van der Waals surface area contributed by atoms with Crippen LogP contribution in [0.5, 0.6) is 0 Å². The lowest BCUT2D eigenvalue weighted by molar-refractivity contribution is -0.0998. The van der Waals surface area contributed by atoms with Crippen molar-refractivity contribution in [1.82, 2.24) is 5.06 Å². The zero-order chi connectivity index (χ0) is 13.1. The lowest BCUT2D eigenvalue weighted by Gasteiger charge is -2.23. The lowest BCUT2D eigenvalue weighted by Crippen LogP contribution is -2.34. The second-order valence-electron chi connectivity index (χ2n) is 4.78. The maximum Gasteiger partial charge on any atom is 0.434 e. The van der Waals surface area contributed by atoms with Crippen LogP contribution in [0, 0.1) is 0 Å². The zero-order valence-corrected chi connectivity index (χ0v) is 10.3. The molecule has 0 aromatic heterocycles. The number of hydroxylamine groups is 2. The molecule has 0 unspecified atom stereocenters. The first-order valence-corrected chi connectivity index (χ1v) is 5.32. The average molecular weight is 238 g/mol. The minimum absolute atomic E-state index is 0.0416. The molecule has 0 bridgehead atoms. The van der Waals surface area contributed by atoms with Crippen molar-refractivity contribution in [3.05, 3.63) is 29.8 Å². The number of carbonyl (C=O) groups is 1. The topological polar surface area (TPSA) is 75.8 Å². The van der Waals surface area contributed by atoms with Gasteiger partial charge in [-0.2, -0.15) is 5.06 Å². The molecule has 0 atom stereocenters. The van der Waals surface area contributed by atoms with Gasteiger partial charge in [-0.05, 0) is 38.5 Å². The Balaban J connectivity index is 2.60. The minimum Gasteiger partial charge on any atom is -0.442 e. The Hall–Kier alpha value is -1.75. The van der Waals surface area contributed by atoms with Gasteiger partial charge in [-0.25, -0.2) is 4.79 Å². The van der Waals surface area contributed by atoms with Crippen LogP contribution in [0.2, 0.25) is 0 Å². The minimum atomic E-state index is -0.778. The van der Waals surface area contributed by atoms with Crippen LogP contribution >= 0.6 is 0 Å². The molecule has 0 heterocycles. The number of amides is 1. The Bertz CT molecular complexity index is 399. The molecule has 0 aliphatic rings. The number of nitrogens with two attached hydrogens (primary N) is 1. The third-order valence-corrected chi connectivity index (χ3v) is 1.89. The van der Waals surface area contributed by atoms with Gasteiger partial charge < -0.3 is 10.5 Å². The van der Waals surface area contributed by atoms with Gasteiger partial charge in [-0.15, -0.1) is 0 Å². The molecule has 1 aromatic rings. The van der Waals surface area contributed by atoms with E-state index in [-0.39, 0.29) is 6.54 Å². The Morgan fingerprint density at radius 3 is 2.65 bits per heavy atom. The Morgan fingerprint density at radius 1 is 1.47 bits per heavy atom. The number of hydrogen-bond acceptors (Lipinski definition) is 4. The second kappa shape index (κ2) is 5.05. The predicted molar refractivity (Wildman–Crippen MR) is 64.4 cm³/mol. The van der Waals surface area contributed by atoms with E-state index in [0.29, 0.717) is 10.8 Å². The molecule has 1 aromatic carbocycles. The Morgan fingerprint density at radius 2 is 2.12 bits per heavy atom. The number of rotatable bonds is 2. The van der Waals surface area contributed by atoms with Gasteiger partial charge >= 0.3 is 6.09 Å². The van der Waals surface area contributed by atoms with Crippen LogP contribution in [0.25, 0.3) is 0 Å². The highest BCUT2D eigenvalue weighted by atomic mass is 16.6. The van der Waals surface area contributed by atoms with Crippen LogP contribution in [0.1, 0.15) is 26.3 Å². The van der Waals surface area contributed by atoms with Crippen LogP contribution in [0.4, 0.5) is 10.5 Å². The van der Waals surface area contributed by atoms with Crippen molar-refractivity contribution in [3.63, 3.8) is 0 Å². The zero-order valence-electron chi connectivity index (χ0n) is 10.3. The number of nitrogens with zero attached hydrogens (tertiary/aromatic N) is 1. The summed E-state index contributed by atoms with van der Waals surface area (Å²) in [5, 5.41) is 10.1. The molecule has 3 N–H and O–H groups in total. The van der Waals surface area contributed by atoms with Gasteiger partial charge in [0.15, 0.2) is 0 Å². The molecule has 0 saturated carbocycles. The SMILES string of the molecule is CC(C)(C)OC(=O)N(O)Cc1cccc(N)c1. The molecule has 0 fully saturated rings. The van der Waals surface area contributed by atoms with E-state index in [2.05, 4.69) is 0 Å². The summed E-state index contributed by atoms with van der Waals surface area (Å²) >= 11 is 0. The molecule has 1 rings (SSSR count). The predicted octanol–water partition coefficient (Wildman–Crippen LogP) is 2.40. The number of hydrogen-bond donors (Lipinski definition) is 2. The summed E-state index contributed by atoms with van der Waals surface area (Å²) in [6.07, 6.45) is -0.778. The van der Waals surface area contributed by atoms with E-state index in [9.17, 15) is 10.0 Å². The molecule has 1 amide bonds. The standard InChI is InChI=1S/C12H18N2O3/c1-12(2,3)17-11(15)14(16)8-9-5-4-6-10(13)7-9/h4-7,16H,8,13H2,1-3H3. The summed E-state index contributed by atoms with van der Waals surface area (Å²) < 4.78 is 5.01. The Kier molecular flexibility index (Phi) is 3.96. The van der Waals surface area contributed by atoms with Crippen molar-refractivity contribution in [1.29, 1.82) is 0 Å². The largest absolute Gasteiger partial charge is 0.442 e. The fourth-order valence-corrected chi connectivity index (χ4v) is 1.24. The van der Waals surface area contributed by atoms with Crippen molar-refractivity contribution < 1.29 is 14.7 Å². The van der Waals surface area contributed by atoms with Crippen LogP contribution in [0.3, 0.4) is 0 Å². The fraction of sp³-hybridized carbons (Fsp3) is 0.417. The van der Waals surface area contributed by atoms with Crippen molar-refractivity contribution in [2.45, 2.75) is 32.9 Å². The van der Waals surface area contributed by atoms with Crippen LogP contribution in [-0.2, 0) is 11.3 Å². The number of nitrogen functional groups attached to an aromatic ring is 1. The first-order chi connectivity index (χ1) is 7.78. The maximum atomic E-state index is 11.5. The van der Waals surface area contributed by atoms with Crippen LogP contribution < -0.4 is 5.73 Å². The van der Waals surface area contributed by atoms with Crippen molar-refractivity contribution in [3.8, 4) is 0 Å². The quantitative estimate of drug-likeness (QED) is 0.471. The van der Waals surface area contributed by atoms with E-state index in [0.717, 1.165) is 5.56 Å². The average Bonchev–Trinajstić information content (AvgIpc) is 2.14. The molecule has 0 aliphatic carbocycles. The molecule has 94 valence electrons. The molecule has 5 heteroatoms. The van der Waals surface area contributed by atoms with Crippen molar-refractivity contribution >= 4 is 11.8 Å². The second-order valence-corrected chi connectivity index (χ2v) is 4.78. The maximum absolute atomic E-state index is 11.5. The van der Waals surface area contributed by atoms with E-state index in [1.165, 1.54) is 0 Å². The number of benzene rings is 1. The molecule has 0 saturated heterocycles. The molecule has 0 aliphatic heterocycles. The highest BCUT2D eigenvalue weighted by molar-refractivity contribution is 5.66. The highest BCUT2D eigenvalue weighted by Crippen LogP contribution is 2.12. The smallest absolute Gasteiger partial charge is 0.434 e. The Labute approximate surface area is 101 Å². The van der Waals surface area contributed by atoms with Gasteiger partial charge in [0.1, 0.15) is 5.60 Å². The summed E-state index contributed by atoms with van der Waals surface area (Å²) in [6.45, 7) is 5.25. The van der Waals surface area contributed by atoms with E-state index in [4.69, 9.17) is 10.5 Å². The van der Waals surface area contributed by atoms with Gasteiger partial charge in [-0.1, -0.05) is 12.1 Å². The first kappa shape index (κ1) is 13.3. The highest BCUT2D eigenvalue weighted by Gasteiger charge is 2.20. The van der Waals surface area contributed by atoms with Crippen LogP contribution in [0.15, 0.2) is 24.3 Å². The van der Waals surface area contributed by atoms with Gasteiger partial charge in [0.2, 0.25) is 0 Å².